The molecule has 0 saturated heterocycles. The van der Waals surface area contributed by atoms with Crippen molar-refractivity contribution in [1.82, 2.24) is 15.0 Å². The fraction of sp³-hybridized carbons (Fsp3) is 0.481. The van der Waals surface area contributed by atoms with Gasteiger partial charge in [-0.25, -0.2) is 15.0 Å². The Morgan fingerprint density at radius 2 is 1.84 bits per heavy atom. The summed E-state index contributed by atoms with van der Waals surface area (Å²) in [6.45, 7) is 6.64. The second-order valence-electron chi connectivity index (χ2n) is 9.74. The number of rotatable bonds is 11. The Morgan fingerprint density at radius 3 is 2.46 bits per heavy atom. The summed E-state index contributed by atoms with van der Waals surface area (Å²) in [5.41, 5.74) is 2.07. The number of methoxy groups -OCH3 is 1. The van der Waals surface area contributed by atoms with Gasteiger partial charge in [-0.2, -0.15) is 0 Å². The van der Waals surface area contributed by atoms with Crippen LogP contribution in [0, 0.1) is 6.92 Å². The Balaban J connectivity index is 1.50. The third-order valence-electron chi connectivity index (χ3n) is 6.40. The van der Waals surface area contributed by atoms with Crippen LogP contribution in [0.1, 0.15) is 55.8 Å². The van der Waals surface area contributed by atoms with Crippen LogP contribution in [0.15, 0.2) is 46.9 Å². The van der Waals surface area contributed by atoms with E-state index in [1.54, 1.807) is 38.6 Å². The van der Waals surface area contributed by atoms with Gasteiger partial charge in [0.2, 0.25) is 5.88 Å². The van der Waals surface area contributed by atoms with Crippen LogP contribution in [-0.2, 0) is 22.6 Å². The van der Waals surface area contributed by atoms with Crippen molar-refractivity contribution in [2.24, 2.45) is 0 Å². The smallest absolute Gasteiger partial charge is 0.319 e. The summed E-state index contributed by atoms with van der Waals surface area (Å²) in [5.74, 6) is 0.513. The van der Waals surface area contributed by atoms with Gasteiger partial charge in [-0.1, -0.05) is 12.1 Å². The first-order valence-electron chi connectivity index (χ1n) is 12.4. The van der Waals surface area contributed by atoms with Gasteiger partial charge in [-0.3, -0.25) is 4.79 Å². The number of aryl methyl sites for hydroxylation is 1. The molecule has 2 aromatic heterocycles. The molecule has 1 saturated carbocycles. The minimum Gasteiger partial charge on any atom is -0.480 e. The zero-order valence-corrected chi connectivity index (χ0v) is 23.3. The molecule has 10 heteroatoms. The number of hydrogen-bond acceptors (Lipinski definition) is 9. The highest BCUT2D eigenvalue weighted by Gasteiger charge is 2.28. The quantitative estimate of drug-likeness (QED) is 0.304. The number of aliphatic carboxylic acids is 1. The van der Waals surface area contributed by atoms with E-state index in [2.05, 4.69) is 25.2 Å². The summed E-state index contributed by atoms with van der Waals surface area (Å²) in [6, 6.07) is 9.92. The minimum absolute atomic E-state index is 0.129. The highest BCUT2D eigenvalue weighted by Crippen LogP contribution is 2.33. The Bertz CT molecular complexity index is 1180. The zero-order chi connectivity index (χ0) is 26.4. The normalized spacial score (nSPS) is 17.9. The van der Waals surface area contributed by atoms with Crippen molar-refractivity contribution in [2.75, 3.05) is 12.0 Å². The molecule has 1 aliphatic rings. The number of carboxylic acid groups (broad SMARTS) is 1. The fourth-order valence-electron chi connectivity index (χ4n) is 4.24. The lowest BCUT2D eigenvalue weighted by Gasteiger charge is -2.28. The maximum Gasteiger partial charge on any atom is 0.319 e. The standard InChI is InChI=1S/C27H34N4O4S2/c1-18-30-20(16-36-18)15-31(14-19-5-11-23(12-6-19)37-27(2,3)26(32)33)24-13-25(29-17-28-24)35-22-9-7-21(34-4)8-10-22/h5-6,11-13,16-17,21-22H,7-10,14-15H2,1-4H3,(H,32,33). The van der Waals surface area contributed by atoms with Gasteiger partial charge in [0.05, 0.1) is 23.4 Å². The highest BCUT2D eigenvalue weighted by atomic mass is 32.2. The van der Waals surface area contributed by atoms with E-state index in [-0.39, 0.29) is 6.10 Å². The average molecular weight is 543 g/mol. The van der Waals surface area contributed by atoms with E-state index in [0.717, 1.165) is 52.7 Å². The number of anilines is 1. The summed E-state index contributed by atoms with van der Waals surface area (Å²) in [4.78, 5) is 28.2. The van der Waals surface area contributed by atoms with Crippen molar-refractivity contribution in [1.29, 1.82) is 0 Å². The van der Waals surface area contributed by atoms with Gasteiger partial charge in [0, 0.05) is 30.0 Å². The number of benzene rings is 1. The van der Waals surface area contributed by atoms with E-state index in [1.807, 2.05) is 37.3 Å². The molecule has 0 bridgehead atoms. The van der Waals surface area contributed by atoms with Crippen LogP contribution in [0.4, 0.5) is 5.82 Å². The minimum atomic E-state index is -0.893. The Hall–Kier alpha value is -2.69. The van der Waals surface area contributed by atoms with Crippen LogP contribution in [0.5, 0.6) is 5.88 Å². The molecule has 0 aliphatic heterocycles. The van der Waals surface area contributed by atoms with E-state index in [9.17, 15) is 9.90 Å². The highest BCUT2D eigenvalue weighted by molar-refractivity contribution is 8.01. The molecule has 1 aliphatic carbocycles. The number of thiazole rings is 1. The fourth-order valence-corrected chi connectivity index (χ4v) is 5.79. The monoisotopic (exact) mass is 542 g/mol. The molecule has 0 spiro atoms. The first kappa shape index (κ1) is 27.3. The molecule has 0 amide bonds. The number of aromatic nitrogens is 3. The predicted octanol–water partition coefficient (Wildman–Crippen LogP) is 5.74. The molecule has 198 valence electrons. The Labute approximate surface area is 226 Å². The lowest BCUT2D eigenvalue weighted by Crippen LogP contribution is -2.28. The SMILES string of the molecule is COC1CCC(Oc2cc(N(Cc3ccc(SC(C)(C)C(=O)O)cc3)Cc3csc(C)n3)ncn2)CC1. The lowest BCUT2D eigenvalue weighted by atomic mass is 9.95. The van der Waals surface area contributed by atoms with Crippen LogP contribution in [-0.4, -0.2) is 50.1 Å². The van der Waals surface area contributed by atoms with E-state index in [4.69, 9.17) is 9.47 Å². The van der Waals surface area contributed by atoms with Gasteiger partial charge in [0.1, 0.15) is 23.0 Å². The van der Waals surface area contributed by atoms with Gasteiger partial charge >= 0.3 is 5.97 Å². The Kier molecular flexibility index (Phi) is 9.04. The summed E-state index contributed by atoms with van der Waals surface area (Å²) < 4.78 is 10.8. The topological polar surface area (TPSA) is 97.7 Å². The Morgan fingerprint density at radius 1 is 1.14 bits per heavy atom. The predicted molar refractivity (Wildman–Crippen MR) is 146 cm³/mol. The van der Waals surface area contributed by atoms with Crippen molar-refractivity contribution < 1.29 is 19.4 Å². The third kappa shape index (κ3) is 7.66. The van der Waals surface area contributed by atoms with Crippen molar-refractivity contribution >= 4 is 34.9 Å². The molecule has 0 atom stereocenters. The van der Waals surface area contributed by atoms with Crippen LogP contribution < -0.4 is 9.64 Å². The third-order valence-corrected chi connectivity index (χ3v) is 8.41. The lowest BCUT2D eigenvalue weighted by molar-refractivity contribution is -0.138. The average Bonchev–Trinajstić information content (AvgIpc) is 3.29. The summed E-state index contributed by atoms with van der Waals surface area (Å²) in [7, 11) is 1.77. The van der Waals surface area contributed by atoms with Crippen LogP contribution in [0.2, 0.25) is 0 Å². The van der Waals surface area contributed by atoms with Gasteiger partial charge in [0.25, 0.3) is 0 Å². The van der Waals surface area contributed by atoms with Gasteiger partial charge in [0.15, 0.2) is 0 Å². The van der Waals surface area contributed by atoms with Crippen molar-refractivity contribution in [3.63, 3.8) is 0 Å². The molecule has 0 radical (unpaired) electrons. The molecule has 0 unspecified atom stereocenters. The first-order chi connectivity index (χ1) is 17.7. The molecule has 1 N–H and O–H groups in total. The van der Waals surface area contributed by atoms with Crippen molar-refractivity contribution in [2.45, 2.75) is 81.4 Å². The van der Waals surface area contributed by atoms with Crippen LogP contribution in [0.3, 0.4) is 0 Å². The van der Waals surface area contributed by atoms with Gasteiger partial charge in [-0.05, 0) is 64.2 Å². The van der Waals surface area contributed by atoms with E-state index < -0.39 is 10.7 Å². The summed E-state index contributed by atoms with van der Waals surface area (Å²) in [5, 5.41) is 12.5. The summed E-state index contributed by atoms with van der Waals surface area (Å²) >= 11 is 2.97. The zero-order valence-electron chi connectivity index (χ0n) is 21.7. The number of hydrogen-bond donors (Lipinski definition) is 1. The molecule has 4 rings (SSSR count). The molecular formula is C27H34N4O4S2. The van der Waals surface area contributed by atoms with Crippen molar-refractivity contribution in [3.8, 4) is 5.88 Å². The first-order valence-corrected chi connectivity index (χ1v) is 14.1. The van der Waals surface area contributed by atoms with E-state index >= 15 is 0 Å². The maximum atomic E-state index is 11.5. The van der Waals surface area contributed by atoms with Gasteiger partial charge < -0.3 is 19.5 Å². The molecule has 37 heavy (non-hydrogen) atoms. The summed E-state index contributed by atoms with van der Waals surface area (Å²) in [6.07, 6.45) is 5.88. The number of nitrogens with zero attached hydrogens (tertiary/aromatic N) is 4. The van der Waals surface area contributed by atoms with Gasteiger partial charge in [-0.15, -0.1) is 23.1 Å². The van der Waals surface area contributed by atoms with E-state index in [1.165, 1.54) is 11.8 Å². The second-order valence-corrected chi connectivity index (χ2v) is 12.5. The number of ether oxygens (including phenoxy) is 2. The molecule has 3 aromatic rings. The second kappa shape index (κ2) is 12.2. The molecule has 2 heterocycles. The van der Waals surface area contributed by atoms with Crippen molar-refractivity contribution in [3.05, 3.63) is 58.3 Å². The molecule has 8 nitrogen and oxygen atoms in total. The number of thioether (sulfide) groups is 1. The number of carbonyl (C=O) groups is 1. The largest absolute Gasteiger partial charge is 0.480 e. The molecule has 1 fully saturated rings. The van der Waals surface area contributed by atoms with Crippen LogP contribution >= 0.6 is 23.1 Å². The van der Waals surface area contributed by atoms with Crippen LogP contribution in [0.25, 0.3) is 0 Å². The molecule has 1 aromatic carbocycles. The molecular weight excluding hydrogens is 508 g/mol. The maximum absolute atomic E-state index is 11.5. The van der Waals surface area contributed by atoms with E-state index in [0.29, 0.717) is 25.1 Å². The number of carboxylic acids is 1.